The van der Waals surface area contributed by atoms with E-state index in [1.807, 2.05) is 13.8 Å². The third-order valence-electron chi connectivity index (χ3n) is 3.38. The number of ether oxygens (including phenoxy) is 2. The Bertz CT molecular complexity index is 925. The van der Waals surface area contributed by atoms with Crippen LogP contribution in [0.4, 0.5) is 0 Å². The number of aromatic amines is 1. The van der Waals surface area contributed by atoms with Gasteiger partial charge in [-0.15, -0.1) is 0 Å². The fourth-order valence-corrected chi connectivity index (χ4v) is 3.52. The van der Waals surface area contributed by atoms with Crippen LogP contribution in [0, 0.1) is 5.92 Å². The van der Waals surface area contributed by atoms with Gasteiger partial charge in [0.2, 0.25) is 15.5 Å². The van der Waals surface area contributed by atoms with Crippen LogP contribution in [-0.4, -0.2) is 27.1 Å². The van der Waals surface area contributed by atoms with Gasteiger partial charge in [-0.25, -0.2) is 13.1 Å². The lowest BCUT2D eigenvalue weighted by Crippen LogP contribution is -2.25. The van der Waals surface area contributed by atoms with Gasteiger partial charge in [0.25, 0.3) is 0 Å². The van der Waals surface area contributed by atoms with E-state index in [1.165, 1.54) is 37.6 Å². The molecule has 2 N–H and O–H groups in total. The lowest BCUT2D eigenvalue weighted by Gasteiger charge is -2.12. The predicted molar refractivity (Wildman–Crippen MR) is 99.4 cm³/mol. The van der Waals surface area contributed by atoms with Crippen LogP contribution in [0.5, 0.6) is 11.5 Å². The van der Waals surface area contributed by atoms with E-state index in [0.717, 1.165) is 0 Å². The van der Waals surface area contributed by atoms with Crippen molar-refractivity contribution in [2.45, 2.75) is 25.3 Å². The van der Waals surface area contributed by atoms with Gasteiger partial charge < -0.3 is 14.5 Å². The molecule has 1 aromatic carbocycles. The van der Waals surface area contributed by atoms with E-state index >= 15 is 0 Å². The molecular weight excluding hydrogens is 380 g/mol. The molecule has 142 valence electrons. The van der Waals surface area contributed by atoms with Crippen molar-refractivity contribution in [1.29, 1.82) is 0 Å². The van der Waals surface area contributed by atoms with Crippen LogP contribution in [0.15, 0.2) is 40.2 Å². The van der Waals surface area contributed by atoms with Crippen molar-refractivity contribution in [3.8, 4) is 11.5 Å². The highest BCUT2D eigenvalue weighted by molar-refractivity contribution is 7.89. The number of sulfonamides is 1. The molecule has 0 radical (unpaired) electrons. The fraction of sp³-hybridized carbons (Fsp3) is 0.353. The zero-order chi connectivity index (χ0) is 19.3. The average molecular weight is 401 g/mol. The number of benzene rings is 1. The molecule has 7 nitrogen and oxygen atoms in total. The number of pyridine rings is 1. The van der Waals surface area contributed by atoms with Crippen molar-refractivity contribution in [3.05, 3.63) is 51.4 Å². The van der Waals surface area contributed by atoms with Gasteiger partial charge in [-0.1, -0.05) is 25.4 Å². The quantitative estimate of drug-likeness (QED) is 0.709. The van der Waals surface area contributed by atoms with Crippen molar-refractivity contribution in [2.24, 2.45) is 5.92 Å². The highest BCUT2D eigenvalue weighted by atomic mass is 35.5. The third-order valence-corrected chi connectivity index (χ3v) is 5.03. The Morgan fingerprint density at radius 2 is 1.96 bits per heavy atom. The molecule has 26 heavy (non-hydrogen) atoms. The molecular formula is C17H21ClN2O5S. The number of methoxy groups -OCH3 is 1. The van der Waals surface area contributed by atoms with E-state index < -0.39 is 10.0 Å². The molecule has 0 amide bonds. The van der Waals surface area contributed by atoms with Crippen LogP contribution in [0.2, 0.25) is 5.02 Å². The number of hydrogen-bond donors (Lipinski definition) is 2. The minimum Gasteiger partial charge on any atom is -0.495 e. The highest BCUT2D eigenvalue weighted by Crippen LogP contribution is 2.26. The fourth-order valence-electron chi connectivity index (χ4n) is 2.08. The minimum absolute atomic E-state index is 0.0771. The van der Waals surface area contributed by atoms with Crippen molar-refractivity contribution in [1.82, 2.24) is 9.71 Å². The molecule has 0 spiro atoms. The summed E-state index contributed by atoms with van der Waals surface area (Å²) in [5.41, 5.74) is 0.0791. The first kappa shape index (κ1) is 20.3. The van der Waals surface area contributed by atoms with Crippen LogP contribution < -0.4 is 19.6 Å². The molecule has 0 saturated heterocycles. The van der Waals surface area contributed by atoms with Crippen LogP contribution >= 0.6 is 11.6 Å². The Morgan fingerprint density at radius 3 is 2.58 bits per heavy atom. The van der Waals surface area contributed by atoms with E-state index in [0.29, 0.717) is 12.3 Å². The summed E-state index contributed by atoms with van der Waals surface area (Å²) in [5, 5.41) is 0.270. The summed E-state index contributed by atoms with van der Waals surface area (Å²) in [4.78, 5) is 14.8. The lowest BCUT2D eigenvalue weighted by molar-refractivity contribution is 0.267. The molecule has 1 heterocycles. The maximum Gasteiger partial charge on any atom is 0.244 e. The van der Waals surface area contributed by atoms with Gasteiger partial charge >= 0.3 is 0 Å². The summed E-state index contributed by atoms with van der Waals surface area (Å²) in [5.74, 6) is 0.656. The van der Waals surface area contributed by atoms with E-state index in [9.17, 15) is 13.2 Å². The first-order valence-corrected chi connectivity index (χ1v) is 9.76. The second-order valence-electron chi connectivity index (χ2n) is 6.01. The van der Waals surface area contributed by atoms with Crippen molar-refractivity contribution < 1.29 is 17.9 Å². The maximum atomic E-state index is 12.5. The molecule has 0 aliphatic heterocycles. The Morgan fingerprint density at radius 1 is 1.23 bits per heavy atom. The van der Waals surface area contributed by atoms with E-state index in [1.54, 1.807) is 0 Å². The van der Waals surface area contributed by atoms with E-state index in [4.69, 9.17) is 21.1 Å². The zero-order valence-corrected chi connectivity index (χ0v) is 16.3. The summed E-state index contributed by atoms with van der Waals surface area (Å²) in [6.07, 6.45) is 1.42. The lowest BCUT2D eigenvalue weighted by atomic mass is 10.2. The number of rotatable bonds is 8. The SMILES string of the molecule is COc1ccc(Cl)cc1S(=O)(=O)NCc1cc(=O)c(OCC(C)C)c[nH]1. The minimum atomic E-state index is -3.88. The topological polar surface area (TPSA) is 97.5 Å². The second kappa shape index (κ2) is 8.57. The largest absolute Gasteiger partial charge is 0.495 e. The number of aromatic nitrogens is 1. The molecule has 0 fully saturated rings. The Kier molecular flexibility index (Phi) is 6.69. The van der Waals surface area contributed by atoms with Crippen LogP contribution in [0.1, 0.15) is 19.5 Å². The molecule has 0 bridgehead atoms. The highest BCUT2D eigenvalue weighted by Gasteiger charge is 2.20. The van der Waals surface area contributed by atoms with Gasteiger partial charge in [0.1, 0.15) is 10.6 Å². The summed E-state index contributed by atoms with van der Waals surface area (Å²) in [6, 6.07) is 5.61. The van der Waals surface area contributed by atoms with Gasteiger partial charge in [0, 0.05) is 23.0 Å². The Hall–Kier alpha value is -2.03. The smallest absolute Gasteiger partial charge is 0.244 e. The van der Waals surface area contributed by atoms with Crippen molar-refractivity contribution in [2.75, 3.05) is 13.7 Å². The number of hydrogen-bond acceptors (Lipinski definition) is 5. The molecule has 0 aliphatic carbocycles. The van der Waals surface area contributed by atoms with E-state index in [2.05, 4.69) is 9.71 Å². The third kappa shape index (κ3) is 5.23. The molecule has 2 rings (SSSR count). The van der Waals surface area contributed by atoms with Gasteiger partial charge in [-0.05, 0) is 24.1 Å². The molecule has 2 aromatic rings. The van der Waals surface area contributed by atoms with Crippen molar-refractivity contribution in [3.63, 3.8) is 0 Å². The second-order valence-corrected chi connectivity index (χ2v) is 8.18. The normalized spacial score (nSPS) is 11.6. The van der Waals surface area contributed by atoms with Gasteiger partial charge in [-0.3, -0.25) is 4.79 Å². The average Bonchev–Trinajstić information content (AvgIpc) is 2.59. The van der Waals surface area contributed by atoms with Crippen LogP contribution in [0.25, 0.3) is 0 Å². The summed E-state index contributed by atoms with van der Waals surface area (Å²) in [7, 11) is -2.51. The molecule has 9 heteroatoms. The van der Waals surface area contributed by atoms with Crippen LogP contribution in [0.3, 0.4) is 0 Å². The van der Waals surface area contributed by atoms with E-state index in [-0.39, 0.29) is 39.3 Å². The number of H-pyrrole nitrogens is 1. The summed E-state index contributed by atoms with van der Waals surface area (Å²) < 4.78 is 37.9. The molecule has 0 atom stereocenters. The molecule has 0 aliphatic rings. The first-order chi connectivity index (χ1) is 12.2. The van der Waals surface area contributed by atoms with Gasteiger partial charge in [-0.2, -0.15) is 0 Å². The maximum absolute atomic E-state index is 12.5. The van der Waals surface area contributed by atoms with Crippen LogP contribution in [-0.2, 0) is 16.6 Å². The summed E-state index contributed by atoms with van der Waals surface area (Å²) >= 11 is 5.88. The van der Waals surface area contributed by atoms with Gasteiger partial charge in [0.05, 0.1) is 20.3 Å². The monoisotopic (exact) mass is 400 g/mol. The molecule has 0 unspecified atom stereocenters. The standard InChI is InChI=1S/C17H21ClN2O5S/c1-11(2)10-25-16-9-19-13(7-14(16)21)8-20-26(22,23)17-6-12(18)4-5-15(17)24-3/h4-7,9,11,20H,8,10H2,1-3H3,(H,19,21). The predicted octanol–water partition coefficient (Wildman–Crippen LogP) is 2.55. The Labute approximate surface area is 157 Å². The zero-order valence-electron chi connectivity index (χ0n) is 14.7. The summed E-state index contributed by atoms with van der Waals surface area (Å²) in [6.45, 7) is 4.27. The number of nitrogens with one attached hydrogen (secondary N) is 2. The Balaban J connectivity index is 2.14. The molecule has 1 aromatic heterocycles. The molecule has 0 saturated carbocycles. The van der Waals surface area contributed by atoms with Gasteiger partial charge in [0.15, 0.2) is 5.75 Å². The number of halogens is 1. The first-order valence-electron chi connectivity index (χ1n) is 7.90. The van der Waals surface area contributed by atoms with Crippen molar-refractivity contribution >= 4 is 21.6 Å².